The minimum Gasteiger partial charge on any atom is -0.295 e. The Kier molecular flexibility index (Phi) is 3.28. The molecule has 1 aromatic heterocycles. The van der Waals surface area contributed by atoms with E-state index in [9.17, 15) is 9.18 Å². The van der Waals surface area contributed by atoms with E-state index in [1.165, 1.54) is 13.0 Å². The van der Waals surface area contributed by atoms with E-state index < -0.39 is 5.82 Å². The Bertz CT molecular complexity index is 587. The molecule has 0 unspecified atom stereocenters. The number of Topliss-reactive ketones (excluding diaryl/α,β-unsaturated/α-hetero) is 1. The van der Waals surface area contributed by atoms with Crippen molar-refractivity contribution in [3.63, 3.8) is 0 Å². The highest BCUT2D eigenvalue weighted by atomic mass is 19.1. The highest BCUT2D eigenvalue weighted by molar-refractivity contribution is 5.94. The number of rotatable bonds is 3. The predicted molar refractivity (Wildman–Crippen MR) is 68.0 cm³/mol. The summed E-state index contributed by atoms with van der Waals surface area (Å²) in [6.07, 6.45) is 1.65. The highest BCUT2D eigenvalue weighted by Gasteiger charge is 2.13. The Morgan fingerprint density at radius 3 is 2.61 bits per heavy atom. The van der Waals surface area contributed by atoms with Gasteiger partial charge in [0.1, 0.15) is 5.82 Å². The normalized spacial score (nSPS) is 10.9. The van der Waals surface area contributed by atoms with E-state index in [0.717, 1.165) is 5.69 Å². The third-order valence-electron chi connectivity index (χ3n) is 2.81. The van der Waals surface area contributed by atoms with Gasteiger partial charge in [0.25, 0.3) is 0 Å². The molecule has 0 fully saturated rings. The number of ketones is 1. The third kappa shape index (κ3) is 2.18. The predicted octanol–water partition coefficient (Wildman–Crippen LogP) is 3.47. The number of carbonyl (C=O) groups is 1. The van der Waals surface area contributed by atoms with Gasteiger partial charge in [0.15, 0.2) is 5.78 Å². The van der Waals surface area contributed by atoms with Crippen LogP contribution < -0.4 is 0 Å². The van der Waals surface area contributed by atoms with Crippen molar-refractivity contribution in [3.8, 4) is 11.3 Å². The molecule has 0 bridgehead atoms. The van der Waals surface area contributed by atoms with Crippen molar-refractivity contribution in [2.24, 2.45) is 0 Å². The van der Waals surface area contributed by atoms with E-state index in [-0.39, 0.29) is 11.8 Å². The summed E-state index contributed by atoms with van der Waals surface area (Å²) in [6.45, 7) is 5.39. The lowest BCUT2D eigenvalue weighted by atomic mass is 10.1. The molecule has 94 valence electrons. The molecular formula is C14H15FN2O. The molecule has 0 aliphatic heterocycles. The van der Waals surface area contributed by atoms with Crippen LogP contribution in [0.25, 0.3) is 11.3 Å². The second-order valence-corrected chi connectivity index (χ2v) is 4.51. The average molecular weight is 246 g/mol. The first-order valence-corrected chi connectivity index (χ1v) is 5.85. The van der Waals surface area contributed by atoms with Gasteiger partial charge in [0.05, 0.1) is 5.69 Å². The van der Waals surface area contributed by atoms with E-state index in [4.69, 9.17) is 0 Å². The summed E-state index contributed by atoms with van der Waals surface area (Å²) < 4.78 is 15.8. The van der Waals surface area contributed by atoms with Crippen LogP contribution in [0.1, 0.15) is 37.2 Å². The molecule has 1 heterocycles. The molecule has 18 heavy (non-hydrogen) atoms. The van der Waals surface area contributed by atoms with Crippen LogP contribution in [0.3, 0.4) is 0 Å². The number of halogens is 1. The molecule has 0 radical (unpaired) electrons. The minimum absolute atomic E-state index is 0.141. The average Bonchev–Trinajstić information content (AvgIpc) is 2.77. The van der Waals surface area contributed by atoms with Crippen molar-refractivity contribution in [2.75, 3.05) is 0 Å². The number of carbonyl (C=O) groups excluding carboxylic acids is 1. The Labute approximate surface area is 105 Å². The summed E-state index contributed by atoms with van der Waals surface area (Å²) >= 11 is 0. The van der Waals surface area contributed by atoms with Gasteiger partial charge in [-0.25, -0.2) is 4.39 Å². The Balaban J connectivity index is 2.51. The monoisotopic (exact) mass is 246 g/mol. The Hall–Kier alpha value is -1.97. The first-order valence-electron chi connectivity index (χ1n) is 5.85. The largest absolute Gasteiger partial charge is 0.295 e. The van der Waals surface area contributed by atoms with Crippen LogP contribution in [-0.2, 0) is 0 Å². The number of hydrogen-bond acceptors (Lipinski definition) is 2. The zero-order chi connectivity index (χ0) is 13.3. The second-order valence-electron chi connectivity index (χ2n) is 4.51. The summed E-state index contributed by atoms with van der Waals surface area (Å²) in [4.78, 5) is 11.2. The lowest BCUT2D eigenvalue weighted by Gasteiger charge is -2.12. The molecule has 0 saturated heterocycles. The molecule has 0 N–H and O–H groups in total. The lowest BCUT2D eigenvalue weighted by Crippen LogP contribution is -2.05. The third-order valence-corrected chi connectivity index (χ3v) is 2.81. The quantitative estimate of drug-likeness (QED) is 0.777. The van der Waals surface area contributed by atoms with Gasteiger partial charge < -0.3 is 0 Å². The zero-order valence-electron chi connectivity index (χ0n) is 10.6. The van der Waals surface area contributed by atoms with Gasteiger partial charge in [0, 0.05) is 23.4 Å². The van der Waals surface area contributed by atoms with Crippen molar-refractivity contribution in [1.82, 2.24) is 9.78 Å². The van der Waals surface area contributed by atoms with Gasteiger partial charge in [0.2, 0.25) is 0 Å². The molecule has 1 aromatic carbocycles. The molecule has 0 spiro atoms. The minimum atomic E-state index is -0.398. The maximum absolute atomic E-state index is 14.0. The molecule has 0 atom stereocenters. The van der Waals surface area contributed by atoms with E-state index in [1.807, 2.05) is 13.8 Å². The Morgan fingerprint density at radius 2 is 2.06 bits per heavy atom. The smallest absolute Gasteiger partial charge is 0.159 e. The van der Waals surface area contributed by atoms with Gasteiger partial charge in [-0.15, -0.1) is 0 Å². The number of aromatic nitrogens is 2. The van der Waals surface area contributed by atoms with Crippen molar-refractivity contribution >= 4 is 5.78 Å². The van der Waals surface area contributed by atoms with E-state index in [1.54, 1.807) is 29.1 Å². The summed E-state index contributed by atoms with van der Waals surface area (Å²) in [7, 11) is 0. The summed E-state index contributed by atoms with van der Waals surface area (Å²) in [5.74, 6) is -0.539. The standard InChI is InChI=1S/C14H15FN2O/c1-9(2)17-14(6-7-16-17)12-5-4-11(10(3)18)8-13(12)15/h4-9H,1-3H3. The van der Waals surface area contributed by atoms with Crippen LogP contribution in [0, 0.1) is 5.82 Å². The number of hydrogen-bond donors (Lipinski definition) is 0. The maximum atomic E-state index is 14.0. The lowest BCUT2D eigenvalue weighted by molar-refractivity contribution is 0.101. The summed E-state index contributed by atoms with van der Waals surface area (Å²) in [5, 5.41) is 4.17. The molecule has 0 aliphatic carbocycles. The molecule has 0 amide bonds. The molecule has 2 rings (SSSR count). The van der Waals surface area contributed by atoms with E-state index in [0.29, 0.717) is 11.1 Å². The van der Waals surface area contributed by atoms with Gasteiger partial charge in [-0.2, -0.15) is 5.10 Å². The van der Waals surface area contributed by atoms with E-state index >= 15 is 0 Å². The van der Waals surface area contributed by atoms with Crippen molar-refractivity contribution in [3.05, 3.63) is 41.8 Å². The molecule has 2 aromatic rings. The fourth-order valence-electron chi connectivity index (χ4n) is 1.88. The zero-order valence-corrected chi connectivity index (χ0v) is 10.6. The van der Waals surface area contributed by atoms with E-state index in [2.05, 4.69) is 5.10 Å². The van der Waals surface area contributed by atoms with Crippen molar-refractivity contribution in [1.29, 1.82) is 0 Å². The highest BCUT2D eigenvalue weighted by Crippen LogP contribution is 2.25. The van der Waals surface area contributed by atoms with Crippen molar-refractivity contribution < 1.29 is 9.18 Å². The van der Waals surface area contributed by atoms with Crippen LogP contribution in [0.2, 0.25) is 0 Å². The number of benzene rings is 1. The molecule has 0 saturated carbocycles. The maximum Gasteiger partial charge on any atom is 0.159 e. The first-order chi connectivity index (χ1) is 8.50. The van der Waals surface area contributed by atoms with Crippen LogP contribution in [0.5, 0.6) is 0 Å². The first kappa shape index (κ1) is 12.5. The SMILES string of the molecule is CC(=O)c1ccc(-c2ccnn2C(C)C)c(F)c1. The fourth-order valence-corrected chi connectivity index (χ4v) is 1.88. The summed E-state index contributed by atoms with van der Waals surface area (Å²) in [6, 6.07) is 6.46. The summed E-state index contributed by atoms with van der Waals surface area (Å²) in [5.41, 5.74) is 1.57. The van der Waals surface area contributed by atoms with Gasteiger partial charge >= 0.3 is 0 Å². The molecule has 4 heteroatoms. The second kappa shape index (κ2) is 4.72. The van der Waals surface area contributed by atoms with Crippen LogP contribution >= 0.6 is 0 Å². The molecular weight excluding hydrogens is 231 g/mol. The molecule has 3 nitrogen and oxygen atoms in total. The van der Waals surface area contributed by atoms with Crippen LogP contribution in [0.4, 0.5) is 4.39 Å². The van der Waals surface area contributed by atoms with Crippen LogP contribution in [0.15, 0.2) is 30.5 Å². The van der Waals surface area contributed by atoms with Crippen LogP contribution in [-0.4, -0.2) is 15.6 Å². The molecule has 0 aliphatic rings. The van der Waals surface area contributed by atoms with Gasteiger partial charge in [-0.1, -0.05) is 6.07 Å². The van der Waals surface area contributed by atoms with Gasteiger partial charge in [-0.05, 0) is 39.0 Å². The fraction of sp³-hybridized carbons (Fsp3) is 0.286. The topological polar surface area (TPSA) is 34.9 Å². The number of nitrogens with zero attached hydrogens (tertiary/aromatic N) is 2. The van der Waals surface area contributed by atoms with Crippen molar-refractivity contribution in [2.45, 2.75) is 26.8 Å². The van der Waals surface area contributed by atoms with Gasteiger partial charge in [-0.3, -0.25) is 9.48 Å². The Morgan fingerprint density at radius 1 is 1.33 bits per heavy atom.